The fraction of sp³-hybridized carbons (Fsp3) is 0.500. The molecule has 0 spiro atoms. The summed E-state index contributed by atoms with van der Waals surface area (Å²) < 4.78 is 0. The Bertz CT molecular complexity index is 64.7. The van der Waals surface area contributed by atoms with Crippen LogP contribution in [-0.4, -0.2) is 15.9 Å². The predicted molar refractivity (Wildman–Crippen MR) is 23.1 cm³/mol. The van der Waals surface area contributed by atoms with Crippen LogP contribution in [0.3, 0.4) is 0 Å². The normalized spacial score (nSPS) is 7.86. The fourth-order valence-corrected chi connectivity index (χ4v) is 0. The van der Waals surface area contributed by atoms with Crippen LogP contribution >= 0.6 is 23.2 Å². The van der Waals surface area contributed by atoms with E-state index in [-0.39, 0.29) is 32.7 Å². The molecule has 1 N–H and O–H groups in total. The van der Waals surface area contributed by atoms with Gasteiger partial charge < -0.3 is 5.11 Å². The zero-order valence-corrected chi connectivity index (χ0v) is 7.62. The maximum atomic E-state index is 9.44. The molecular formula is C2H2Cl2O2Y. The van der Waals surface area contributed by atoms with E-state index in [1.54, 1.807) is 0 Å². The smallest absolute Gasteiger partial charge is 0.337 e. The van der Waals surface area contributed by atoms with Crippen LogP contribution in [0.4, 0.5) is 0 Å². The molecule has 7 heavy (non-hydrogen) atoms. The Morgan fingerprint density at radius 3 is 1.71 bits per heavy atom. The average molecular weight is 218 g/mol. The van der Waals surface area contributed by atoms with Gasteiger partial charge in [-0.1, -0.05) is 23.2 Å². The largest absolute Gasteiger partial charge is 0.479 e. The molecule has 0 heterocycles. The fourth-order valence-electron chi connectivity index (χ4n) is 0. The van der Waals surface area contributed by atoms with Crippen LogP contribution in [-0.2, 0) is 37.5 Å². The Balaban J connectivity index is 0. The minimum Gasteiger partial charge on any atom is -0.479 e. The van der Waals surface area contributed by atoms with E-state index in [2.05, 4.69) is 0 Å². The van der Waals surface area contributed by atoms with Gasteiger partial charge in [0, 0.05) is 32.7 Å². The molecule has 0 aliphatic carbocycles. The van der Waals surface area contributed by atoms with E-state index in [9.17, 15) is 4.79 Å². The first kappa shape index (κ1) is 11.0. The van der Waals surface area contributed by atoms with Gasteiger partial charge in [-0.15, -0.1) is 0 Å². The molecule has 0 aromatic heterocycles. The van der Waals surface area contributed by atoms with E-state index in [4.69, 9.17) is 28.3 Å². The molecule has 0 aromatic rings. The van der Waals surface area contributed by atoms with E-state index in [1.165, 1.54) is 0 Å². The summed E-state index contributed by atoms with van der Waals surface area (Å²) in [4.78, 5) is 8.15. The van der Waals surface area contributed by atoms with E-state index in [1.807, 2.05) is 0 Å². The Labute approximate surface area is 76.1 Å². The van der Waals surface area contributed by atoms with E-state index >= 15 is 0 Å². The average Bonchev–Trinajstić information content (AvgIpc) is 1.36. The Morgan fingerprint density at radius 2 is 1.71 bits per heavy atom. The predicted octanol–water partition coefficient (Wildman–Crippen LogP) is 0.872. The number of halogens is 2. The van der Waals surface area contributed by atoms with Gasteiger partial charge >= 0.3 is 5.97 Å². The summed E-state index contributed by atoms with van der Waals surface area (Å²) in [6, 6.07) is 0. The van der Waals surface area contributed by atoms with Crippen molar-refractivity contribution in [1.29, 1.82) is 0 Å². The van der Waals surface area contributed by atoms with Gasteiger partial charge in [0.15, 0.2) is 0 Å². The van der Waals surface area contributed by atoms with Crippen molar-refractivity contribution >= 4 is 29.2 Å². The van der Waals surface area contributed by atoms with Gasteiger partial charge in [-0.25, -0.2) is 4.79 Å². The maximum Gasteiger partial charge on any atom is 0.337 e. The van der Waals surface area contributed by atoms with Crippen molar-refractivity contribution in [2.24, 2.45) is 0 Å². The van der Waals surface area contributed by atoms with Crippen LogP contribution in [0.5, 0.6) is 0 Å². The SMILES string of the molecule is O=C(O)C(Cl)Cl.[Y]. The second-order valence-corrected chi connectivity index (χ2v) is 1.74. The molecule has 0 fully saturated rings. The Morgan fingerprint density at radius 1 is 1.57 bits per heavy atom. The number of carboxylic acids is 1. The van der Waals surface area contributed by atoms with Gasteiger partial charge in [0.25, 0.3) is 0 Å². The minimum absolute atomic E-state index is 0. The van der Waals surface area contributed by atoms with Crippen LogP contribution in [0.2, 0.25) is 0 Å². The third kappa shape index (κ3) is 7.15. The second-order valence-electron chi connectivity index (χ2n) is 0.639. The first-order valence-corrected chi connectivity index (χ1v) is 2.03. The molecule has 0 saturated carbocycles. The molecule has 39 valence electrons. The third-order valence-electron chi connectivity index (χ3n) is 0.187. The monoisotopic (exact) mass is 217 g/mol. The molecule has 0 atom stereocenters. The number of aliphatic carboxylic acids is 1. The van der Waals surface area contributed by atoms with Gasteiger partial charge in [-0.2, -0.15) is 0 Å². The summed E-state index contributed by atoms with van der Waals surface area (Å²) >= 11 is 9.56. The Hall–Kier alpha value is 1.15. The Kier molecular flexibility index (Phi) is 8.33. The first-order valence-electron chi connectivity index (χ1n) is 1.15. The maximum absolute atomic E-state index is 9.44. The van der Waals surface area contributed by atoms with Crippen molar-refractivity contribution in [3.05, 3.63) is 0 Å². The summed E-state index contributed by atoms with van der Waals surface area (Å²) in [7, 11) is 0. The summed E-state index contributed by atoms with van der Waals surface area (Å²) in [5.41, 5.74) is 0. The van der Waals surface area contributed by atoms with E-state index < -0.39 is 10.8 Å². The van der Waals surface area contributed by atoms with Gasteiger partial charge in [0.05, 0.1) is 0 Å². The van der Waals surface area contributed by atoms with Crippen molar-refractivity contribution in [3.63, 3.8) is 0 Å². The third-order valence-corrected chi connectivity index (χ3v) is 0.560. The summed E-state index contributed by atoms with van der Waals surface area (Å²) in [5.74, 6) is -1.21. The zero-order chi connectivity index (χ0) is 5.15. The summed E-state index contributed by atoms with van der Waals surface area (Å²) in [5, 5.41) is 7.73. The number of hydrogen-bond donors (Lipinski definition) is 1. The van der Waals surface area contributed by atoms with Gasteiger partial charge in [0.1, 0.15) is 0 Å². The van der Waals surface area contributed by atoms with E-state index in [0.29, 0.717) is 0 Å². The van der Waals surface area contributed by atoms with Crippen LogP contribution in [0.1, 0.15) is 0 Å². The first-order chi connectivity index (χ1) is 2.64. The quantitative estimate of drug-likeness (QED) is 0.663. The number of hydrogen-bond acceptors (Lipinski definition) is 1. The number of carboxylic acid groups (broad SMARTS) is 1. The van der Waals surface area contributed by atoms with Crippen molar-refractivity contribution in [2.75, 3.05) is 0 Å². The molecule has 1 radical (unpaired) electrons. The molecule has 0 amide bonds. The summed E-state index contributed by atoms with van der Waals surface area (Å²) in [6.07, 6.45) is 0. The van der Waals surface area contributed by atoms with Crippen molar-refractivity contribution < 1.29 is 42.6 Å². The molecule has 5 heteroatoms. The minimum atomic E-state index is -1.29. The number of alkyl halides is 2. The van der Waals surface area contributed by atoms with Gasteiger partial charge in [-0.05, 0) is 0 Å². The van der Waals surface area contributed by atoms with Crippen molar-refractivity contribution in [3.8, 4) is 0 Å². The second kappa shape index (κ2) is 5.29. The zero-order valence-electron chi connectivity index (χ0n) is 3.27. The molecule has 0 unspecified atom stereocenters. The van der Waals surface area contributed by atoms with Gasteiger partial charge in [-0.3, -0.25) is 0 Å². The van der Waals surface area contributed by atoms with Crippen LogP contribution in [0.25, 0.3) is 0 Å². The van der Waals surface area contributed by atoms with Crippen molar-refractivity contribution in [2.45, 2.75) is 4.84 Å². The molecule has 2 nitrogen and oxygen atoms in total. The molecule has 0 aliphatic heterocycles. The standard InChI is InChI=1S/C2H2Cl2O2.Y/c3-1(4)2(5)6;/h1H,(H,5,6);. The molecule has 0 aromatic carbocycles. The van der Waals surface area contributed by atoms with Crippen molar-refractivity contribution in [1.82, 2.24) is 0 Å². The molecule has 0 saturated heterocycles. The topological polar surface area (TPSA) is 37.3 Å². The molecular weight excluding hydrogens is 216 g/mol. The van der Waals surface area contributed by atoms with Crippen LogP contribution < -0.4 is 0 Å². The van der Waals surface area contributed by atoms with Crippen LogP contribution in [0.15, 0.2) is 0 Å². The molecule has 0 rings (SSSR count). The van der Waals surface area contributed by atoms with Crippen LogP contribution in [0, 0.1) is 0 Å². The van der Waals surface area contributed by atoms with E-state index in [0.717, 1.165) is 0 Å². The molecule has 0 aliphatic rings. The summed E-state index contributed by atoms with van der Waals surface area (Å²) in [6.45, 7) is 0. The van der Waals surface area contributed by atoms with Gasteiger partial charge in [0.2, 0.25) is 4.84 Å². The molecule has 0 bridgehead atoms. The number of carbonyl (C=O) groups is 1. The number of rotatable bonds is 1.